The van der Waals surface area contributed by atoms with Gasteiger partial charge in [0, 0.05) is 21.1 Å². The number of hydrogen-bond acceptors (Lipinski definition) is 5. The van der Waals surface area contributed by atoms with E-state index in [0.717, 1.165) is 15.3 Å². The average molecular weight is 402 g/mol. The summed E-state index contributed by atoms with van der Waals surface area (Å²) in [5.41, 5.74) is 13.1. The molecule has 0 fully saturated rings. The number of anilines is 2. The normalized spacial score (nSPS) is 11.2. The third-order valence-corrected chi connectivity index (χ3v) is 5.99. The number of carbonyl (C=O) groups excluding carboxylic acids is 1. The number of thiophene rings is 1. The Labute approximate surface area is 165 Å². The van der Waals surface area contributed by atoms with Gasteiger partial charge in [-0.1, -0.05) is 19.1 Å². The molecule has 2 aromatic carbocycles. The van der Waals surface area contributed by atoms with Gasteiger partial charge in [-0.05, 0) is 60.5 Å². The standard InChI is InChI=1S/C19H18N2O2S2.CH5N/c1-2-25(23)15-8-5-13(6-9-15)19(22)21-17-12-14(7-10-16(17)20)18-4-3-11-24-18;1-2/h3-12H,2,20H2,1H3,(H,21,22);2H2,1H3. The van der Waals surface area contributed by atoms with Crippen LogP contribution in [0.2, 0.25) is 0 Å². The molecule has 1 unspecified atom stereocenters. The van der Waals surface area contributed by atoms with Crippen molar-refractivity contribution in [1.29, 1.82) is 0 Å². The predicted octanol–water partition coefficient (Wildman–Crippen LogP) is 3.95. The minimum absolute atomic E-state index is 0.246. The topological polar surface area (TPSA) is 98.2 Å². The zero-order chi connectivity index (χ0) is 19.8. The van der Waals surface area contributed by atoms with Gasteiger partial charge in [0.25, 0.3) is 5.91 Å². The highest BCUT2D eigenvalue weighted by atomic mass is 32.2. The van der Waals surface area contributed by atoms with Crippen molar-refractivity contribution >= 4 is 39.4 Å². The summed E-state index contributed by atoms with van der Waals surface area (Å²) in [6.07, 6.45) is 0. The second kappa shape index (κ2) is 10.0. The van der Waals surface area contributed by atoms with E-state index >= 15 is 0 Å². The summed E-state index contributed by atoms with van der Waals surface area (Å²) in [6, 6.07) is 16.4. The first-order valence-corrected chi connectivity index (χ1v) is 10.6. The molecule has 5 nitrogen and oxygen atoms in total. The fraction of sp³-hybridized carbons (Fsp3) is 0.150. The summed E-state index contributed by atoms with van der Waals surface area (Å²) in [7, 11) is 0.476. The highest BCUT2D eigenvalue weighted by Gasteiger charge is 2.11. The van der Waals surface area contributed by atoms with Gasteiger partial charge in [-0.2, -0.15) is 0 Å². The highest BCUT2D eigenvalue weighted by molar-refractivity contribution is 7.85. The molecule has 1 amide bonds. The molecule has 0 aliphatic heterocycles. The van der Waals surface area contributed by atoms with Gasteiger partial charge >= 0.3 is 0 Å². The van der Waals surface area contributed by atoms with E-state index in [4.69, 9.17) is 5.73 Å². The van der Waals surface area contributed by atoms with Crippen LogP contribution in [0.15, 0.2) is 64.9 Å². The fourth-order valence-electron chi connectivity index (χ4n) is 2.38. The molecule has 5 N–H and O–H groups in total. The number of nitrogens with two attached hydrogens (primary N) is 2. The van der Waals surface area contributed by atoms with E-state index in [1.807, 2.05) is 36.6 Å². The molecule has 0 saturated heterocycles. The summed E-state index contributed by atoms with van der Waals surface area (Å²) >= 11 is 1.63. The van der Waals surface area contributed by atoms with Gasteiger partial charge in [-0.3, -0.25) is 9.00 Å². The Kier molecular flexibility index (Phi) is 7.72. The SMILES string of the molecule is CCS(=O)c1ccc(C(=O)Nc2cc(-c3cccs3)ccc2N)cc1.CN. The molecule has 27 heavy (non-hydrogen) atoms. The van der Waals surface area contributed by atoms with Gasteiger partial charge in [-0.15, -0.1) is 11.3 Å². The smallest absolute Gasteiger partial charge is 0.255 e. The fourth-order valence-corrected chi connectivity index (χ4v) is 3.88. The molecule has 1 atom stereocenters. The number of nitrogens with one attached hydrogen (secondary N) is 1. The van der Waals surface area contributed by atoms with Gasteiger partial charge in [0.1, 0.15) is 0 Å². The summed E-state index contributed by atoms with van der Waals surface area (Å²) in [5.74, 6) is 0.307. The van der Waals surface area contributed by atoms with E-state index in [2.05, 4.69) is 11.1 Å². The maximum absolute atomic E-state index is 12.5. The van der Waals surface area contributed by atoms with Crippen molar-refractivity contribution in [2.45, 2.75) is 11.8 Å². The average Bonchev–Trinajstić information content (AvgIpc) is 3.25. The van der Waals surface area contributed by atoms with Crippen LogP contribution in [-0.2, 0) is 10.8 Å². The Morgan fingerprint density at radius 3 is 2.41 bits per heavy atom. The van der Waals surface area contributed by atoms with Crippen LogP contribution < -0.4 is 16.8 Å². The maximum Gasteiger partial charge on any atom is 0.255 e. The van der Waals surface area contributed by atoms with Gasteiger partial charge in [0.2, 0.25) is 0 Å². The Balaban J connectivity index is 0.00000126. The lowest BCUT2D eigenvalue weighted by molar-refractivity contribution is 0.102. The molecule has 0 bridgehead atoms. The molecule has 0 saturated carbocycles. The second-order valence-electron chi connectivity index (χ2n) is 5.39. The van der Waals surface area contributed by atoms with E-state index < -0.39 is 10.8 Å². The van der Waals surface area contributed by atoms with E-state index in [1.54, 1.807) is 41.7 Å². The molecule has 1 aromatic heterocycles. The van der Waals surface area contributed by atoms with Crippen molar-refractivity contribution in [1.82, 2.24) is 0 Å². The van der Waals surface area contributed by atoms with Crippen molar-refractivity contribution in [3.63, 3.8) is 0 Å². The highest BCUT2D eigenvalue weighted by Crippen LogP contribution is 2.30. The van der Waals surface area contributed by atoms with Crippen LogP contribution >= 0.6 is 11.3 Å². The predicted molar refractivity (Wildman–Crippen MR) is 116 cm³/mol. The van der Waals surface area contributed by atoms with E-state index in [1.165, 1.54) is 7.05 Å². The quantitative estimate of drug-likeness (QED) is 0.564. The molecular formula is C20H23N3O2S2. The largest absolute Gasteiger partial charge is 0.397 e. The van der Waals surface area contributed by atoms with Crippen LogP contribution in [-0.4, -0.2) is 22.9 Å². The van der Waals surface area contributed by atoms with Gasteiger partial charge in [0.15, 0.2) is 0 Å². The van der Waals surface area contributed by atoms with Crippen LogP contribution in [0.5, 0.6) is 0 Å². The van der Waals surface area contributed by atoms with E-state index in [0.29, 0.717) is 22.7 Å². The van der Waals surface area contributed by atoms with Crippen molar-refractivity contribution in [2.75, 3.05) is 23.9 Å². The van der Waals surface area contributed by atoms with Crippen LogP contribution in [0.25, 0.3) is 10.4 Å². The summed E-state index contributed by atoms with van der Waals surface area (Å²) in [4.78, 5) is 14.3. The molecule has 1 heterocycles. The number of amides is 1. The monoisotopic (exact) mass is 401 g/mol. The molecular weight excluding hydrogens is 378 g/mol. The third-order valence-electron chi connectivity index (χ3n) is 3.75. The lowest BCUT2D eigenvalue weighted by Crippen LogP contribution is -2.13. The first-order chi connectivity index (χ1) is 13.1. The van der Waals surface area contributed by atoms with Crippen molar-refractivity contribution in [2.24, 2.45) is 5.73 Å². The summed E-state index contributed by atoms with van der Waals surface area (Å²) < 4.78 is 11.8. The summed E-state index contributed by atoms with van der Waals surface area (Å²) in [6.45, 7) is 1.86. The molecule has 7 heteroatoms. The van der Waals surface area contributed by atoms with E-state index in [-0.39, 0.29) is 5.91 Å². The van der Waals surface area contributed by atoms with Crippen LogP contribution in [0, 0.1) is 0 Å². The lowest BCUT2D eigenvalue weighted by Gasteiger charge is -2.10. The molecule has 3 aromatic rings. The van der Waals surface area contributed by atoms with Crippen molar-refractivity contribution in [3.8, 4) is 10.4 Å². The minimum atomic E-state index is -1.02. The molecule has 0 aliphatic rings. The first-order valence-electron chi connectivity index (χ1n) is 8.39. The molecule has 0 aliphatic carbocycles. The lowest BCUT2D eigenvalue weighted by atomic mass is 10.1. The number of nitrogen functional groups attached to an aromatic ring is 1. The van der Waals surface area contributed by atoms with Crippen LogP contribution in [0.4, 0.5) is 11.4 Å². The Hall–Kier alpha value is -2.48. The second-order valence-corrected chi connectivity index (χ2v) is 8.08. The molecule has 142 valence electrons. The Morgan fingerprint density at radius 2 is 1.81 bits per heavy atom. The number of benzene rings is 2. The number of rotatable bonds is 5. The zero-order valence-corrected chi connectivity index (χ0v) is 16.9. The van der Waals surface area contributed by atoms with Crippen molar-refractivity contribution < 1.29 is 9.00 Å². The minimum Gasteiger partial charge on any atom is -0.397 e. The van der Waals surface area contributed by atoms with Crippen LogP contribution in [0.3, 0.4) is 0 Å². The van der Waals surface area contributed by atoms with Gasteiger partial charge < -0.3 is 16.8 Å². The van der Waals surface area contributed by atoms with Gasteiger partial charge in [-0.25, -0.2) is 0 Å². The van der Waals surface area contributed by atoms with Gasteiger partial charge in [0.05, 0.1) is 22.2 Å². The zero-order valence-electron chi connectivity index (χ0n) is 15.3. The Morgan fingerprint density at radius 1 is 1.11 bits per heavy atom. The third kappa shape index (κ3) is 5.26. The van der Waals surface area contributed by atoms with Crippen molar-refractivity contribution in [3.05, 3.63) is 65.5 Å². The Bertz CT molecular complexity index is 907. The van der Waals surface area contributed by atoms with E-state index in [9.17, 15) is 9.00 Å². The van der Waals surface area contributed by atoms with Crippen LogP contribution in [0.1, 0.15) is 17.3 Å². The summed E-state index contributed by atoms with van der Waals surface area (Å²) in [5, 5.41) is 4.86. The number of hydrogen-bond donors (Lipinski definition) is 3. The molecule has 0 spiro atoms. The molecule has 3 rings (SSSR count). The number of carbonyl (C=O) groups is 1. The molecule has 0 radical (unpaired) electrons. The maximum atomic E-state index is 12.5. The first kappa shape index (κ1) is 20.8.